The van der Waals surface area contributed by atoms with E-state index in [9.17, 15) is 9.59 Å². The van der Waals surface area contributed by atoms with Crippen LogP contribution in [0.15, 0.2) is 24.3 Å². The van der Waals surface area contributed by atoms with Crippen molar-refractivity contribution < 1.29 is 19.1 Å². The van der Waals surface area contributed by atoms with Crippen LogP contribution in [0.3, 0.4) is 0 Å². The summed E-state index contributed by atoms with van der Waals surface area (Å²) in [6, 6.07) is 7.12. The molecule has 1 aromatic carbocycles. The number of rotatable bonds is 12. The molecule has 0 aliphatic heterocycles. The second-order valence-electron chi connectivity index (χ2n) is 8.13. The normalized spacial score (nSPS) is 19.2. The Hall–Kier alpha value is -1.84. The van der Waals surface area contributed by atoms with Gasteiger partial charge in [0.1, 0.15) is 5.75 Å². The third-order valence-electron chi connectivity index (χ3n) is 5.64. The quantitative estimate of drug-likeness (QED) is 0.251. The van der Waals surface area contributed by atoms with Crippen molar-refractivity contribution in [2.75, 3.05) is 13.2 Å². The van der Waals surface area contributed by atoms with Crippen LogP contribution < -0.4 is 4.74 Å². The summed E-state index contributed by atoms with van der Waals surface area (Å²) >= 11 is 0. The molecule has 0 amide bonds. The van der Waals surface area contributed by atoms with E-state index in [0.29, 0.717) is 18.1 Å². The van der Waals surface area contributed by atoms with Gasteiger partial charge in [0.25, 0.3) is 0 Å². The molecular formula is C24H36O4. The third kappa shape index (κ3) is 8.04. The van der Waals surface area contributed by atoms with E-state index < -0.39 is 0 Å². The van der Waals surface area contributed by atoms with Crippen LogP contribution in [-0.4, -0.2) is 25.0 Å². The maximum atomic E-state index is 12.3. The molecule has 4 nitrogen and oxygen atoms in total. The predicted molar refractivity (Wildman–Crippen MR) is 112 cm³/mol. The Balaban J connectivity index is 1.65. The Morgan fingerprint density at radius 2 is 1.57 bits per heavy atom. The average Bonchev–Trinajstić information content (AvgIpc) is 2.72. The number of carbonyl (C=O) groups excluding carboxylic acids is 2. The van der Waals surface area contributed by atoms with Crippen LogP contribution in [-0.2, 0) is 9.53 Å². The van der Waals surface area contributed by atoms with Crippen molar-refractivity contribution in [1.29, 1.82) is 0 Å². The van der Waals surface area contributed by atoms with Gasteiger partial charge < -0.3 is 9.47 Å². The van der Waals surface area contributed by atoms with Gasteiger partial charge in [-0.25, -0.2) is 0 Å². The van der Waals surface area contributed by atoms with Gasteiger partial charge in [-0.3, -0.25) is 9.59 Å². The molecule has 1 aliphatic carbocycles. The lowest BCUT2D eigenvalue weighted by molar-refractivity contribution is -0.148. The second-order valence-corrected chi connectivity index (χ2v) is 8.13. The van der Waals surface area contributed by atoms with Crippen molar-refractivity contribution in [3.05, 3.63) is 29.8 Å². The monoisotopic (exact) mass is 388 g/mol. The first-order chi connectivity index (χ1) is 13.6. The molecule has 1 aliphatic rings. The molecule has 1 aromatic rings. The number of ether oxygens (including phenoxy) is 2. The molecular weight excluding hydrogens is 352 g/mol. The fourth-order valence-electron chi connectivity index (χ4n) is 3.64. The van der Waals surface area contributed by atoms with Crippen LogP contribution in [0.2, 0.25) is 0 Å². The molecule has 0 unspecified atom stereocenters. The number of Topliss-reactive ketones (excluding diaryl/α,β-unsaturated/α-hetero) is 1. The van der Waals surface area contributed by atoms with E-state index >= 15 is 0 Å². The van der Waals surface area contributed by atoms with Crippen molar-refractivity contribution >= 4 is 11.8 Å². The highest BCUT2D eigenvalue weighted by Crippen LogP contribution is 2.29. The molecule has 28 heavy (non-hydrogen) atoms. The van der Waals surface area contributed by atoms with Crippen LogP contribution in [0.25, 0.3) is 0 Å². The van der Waals surface area contributed by atoms with Crippen molar-refractivity contribution in [2.45, 2.75) is 78.1 Å². The molecule has 0 saturated heterocycles. The minimum atomic E-state index is -0.223. The molecule has 4 heteroatoms. The molecule has 2 rings (SSSR count). The van der Waals surface area contributed by atoms with Crippen LogP contribution in [0, 0.1) is 11.8 Å². The smallest absolute Gasteiger partial charge is 0.309 e. The Morgan fingerprint density at radius 3 is 2.25 bits per heavy atom. The van der Waals surface area contributed by atoms with E-state index in [4.69, 9.17) is 9.47 Å². The van der Waals surface area contributed by atoms with Crippen molar-refractivity contribution in [3.8, 4) is 5.75 Å². The van der Waals surface area contributed by atoms with Crippen LogP contribution in [0.4, 0.5) is 0 Å². The Morgan fingerprint density at radius 1 is 0.929 bits per heavy atom. The second kappa shape index (κ2) is 12.6. The van der Waals surface area contributed by atoms with Crippen molar-refractivity contribution in [1.82, 2.24) is 0 Å². The van der Waals surface area contributed by atoms with E-state index in [1.807, 2.05) is 12.1 Å². The highest BCUT2D eigenvalue weighted by molar-refractivity contribution is 5.98. The first-order valence-corrected chi connectivity index (χ1v) is 11.0. The number of benzene rings is 1. The topological polar surface area (TPSA) is 52.6 Å². The summed E-state index contributed by atoms with van der Waals surface area (Å²) in [5, 5.41) is 0. The van der Waals surface area contributed by atoms with Gasteiger partial charge in [0.2, 0.25) is 0 Å². The van der Waals surface area contributed by atoms with E-state index in [1.54, 1.807) is 12.1 Å². The molecule has 0 spiro atoms. The van der Waals surface area contributed by atoms with Crippen LogP contribution in [0.1, 0.15) is 88.4 Å². The zero-order chi connectivity index (χ0) is 20.2. The molecule has 0 bridgehead atoms. The summed E-state index contributed by atoms with van der Waals surface area (Å²) in [5.41, 5.74) is 0.553. The summed E-state index contributed by atoms with van der Waals surface area (Å²) in [6.07, 6.45) is 11.3. The van der Waals surface area contributed by atoms with Gasteiger partial charge in [-0.2, -0.15) is 0 Å². The van der Waals surface area contributed by atoms with Crippen molar-refractivity contribution in [3.63, 3.8) is 0 Å². The van der Waals surface area contributed by atoms with Gasteiger partial charge in [-0.1, -0.05) is 46.0 Å². The standard InChI is InChI=1S/C24H36O4/c1-3-4-5-6-7-8-17-27-22-15-13-20(14-16-22)23(25)18-28-24(26)21-11-9-19(2)10-12-21/h13-16,19,21H,3-12,17-18H2,1-2H3. The van der Waals surface area contributed by atoms with Gasteiger partial charge in [-0.15, -0.1) is 0 Å². The third-order valence-corrected chi connectivity index (χ3v) is 5.64. The molecule has 156 valence electrons. The van der Waals surface area contributed by atoms with Gasteiger partial charge in [-0.05, 0) is 62.3 Å². The fraction of sp³-hybridized carbons (Fsp3) is 0.667. The molecule has 0 N–H and O–H groups in total. The zero-order valence-corrected chi connectivity index (χ0v) is 17.6. The number of esters is 1. The van der Waals surface area contributed by atoms with Crippen molar-refractivity contribution in [2.24, 2.45) is 11.8 Å². The van der Waals surface area contributed by atoms with E-state index in [-0.39, 0.29) is 24.3 Å². The summed E-state index contributed by atoms with van der Waals surface area (Å²) in [4.78, 5) is 24.4. The molecule has 0 radical (unpaired) electrons. The molecule has 0 atom stereocenters. The minimum Gasteiger partial charge on any atom is -0.494 e. The van der Waals surface area contributed by atoms with Gasteiger partial charge in [0.05, 0.1) is 12.5 Å². The van der Waals surface area contributed by atoms with Gasteiger partial charge in [0.15, 0.2) is 12.4 Å². The number of hydrogen-bond acceptors (Lipinski definition) is 4. The summed E-state index contributed by atoms with van der Waals surface area (Å²) in [7, 11) is 0. The SMILES string of the molecule is CCCCCCCCOc1ccc(C(=O)COC(=O)C2CCC(C)CC2)cc1. The van der Waals surface area contributed by atoms with E-state index in [2.05, 4.69) is 13.8 Å². The largest absolute Gasteiger partial charge is 0.494 e. The number of hydrogen-bond donors (Lipinski definition) is 0. The maximum Gasteiger partial charge on any atom is 0.309 e. The lowest BCUT2D eigenvalue weighted by Crippen LogP contribution is -2.25. The zero-order valence-electron chi connectivity index (χ0n) is 17.6. The number of unbranched alkanes of at least 4 members (excludes halogenated alkanes) is 5. The Bertz CT molecular complexity index is 585. The average molecular weight is 389 g/mol. The summed E-state index contributed by atoms with van der Waals surface area (Å²) < 4.78 is 11.0. The molecule has 1 saturated carbocycles. The summed E-state index contributed by atoms with van der Waals surface area (Å²) in [6.45, 7) is 4.96. The predicted octanol–water partition coefficient (Wildman–Crippen LogP) is 5.98. The Kier molecular flexibility index (Phi) is 10.1. The first-order valence-electron chi connectivity index (χ1n) is 11.0. The Labute approximate surface area is 170 Å². The maximum absolute atomic E-state index is 12.3. The summed E-state index contributed by atoms with van der Waals surface area (Å²) in [5.74, 6) is 1.03. The van der Waals surface area contributed by atoms with E-state index in [1.165, 1.54) is 32.1 Å². The van der Waals surface area contributed by atoms with Gasteiger partial charge >= 0.3 is 5.97 Å². The lowest BCUT2D eigenvalue weighted by atomic mass is 9.83. The fourth-order valence-corrected chi connectivity index (χ4v) is 3.64. The van der Waals surface area contributed by atoms with E-state index in [0.717, 1.165) is 37.9 Å². The highest BCUT2D eigenvalue weighted by atomic mass is 16.5. The number of carbonyl (C=O) groups is 2. The number of ketones is 1. The van der Waals surface area contributed by atoms with Gasteiger partial charge in [0, 0.05) is 5.56 Å². The molecule has 1 fully saturated rings. The highest BCUT2D eigenvalue weighted by Gasteiger charge is 2.26. The molecule has 0 heterocycles. The van der Waals surface area contributed by atoms with Crippen LogP contribution in [0.5, 0.6) is 5.75 Å². The minimum absolute atomic E-state index is 0.0400. The van der Waals surface area contributed by atoms with Crippen LogP contribution >= 0.6 is 0 Å². The lowest BCUT2D eigenvalue weighted by Gasteiger charge is -2.24. The first kappa shape index (κ1) is 22.4. The molecule has 0 aromatic heterocycles.